The Labute approximate surface area is 91.1 Å². The molecule has 4 saturated carbocycles. The van der Waals surface area contributed by atoms with Crippen molar-refractivity contribution < 1.29 is 9.90 Å². The minimum absolute atomic E-state index is 0.429. The van der Waals surface area contributed by atoms with Gasteiger partial charge in [-0.2, -0.15) is 0 Å². The van der Waals surface area contributed by atoms with Gasteiger partial charge in [0.2, 0.25) is 0 Å². The average Bonchev–Trinajstić information content (AvgIpc) is 2.08. The first-order chi connectivity index (χ1) is 7.06. The molecule has 0 aromatic carbocycles. The molecule has 0 aliphatic heterocycles. The number of carboxylic acids is 1. The van der Waals surface area contributed by atoms with Crippen LogP contribution in [-0.4, -0.2) is 11.1 Å². The van der Waals surface area contributed by atoms with Crippen LogP contribution in [0, 0.1) is 29.1 Å². The van der Waals surface area contributed by atoms with Crippen LogP contribution < -0.4 is 0 Å². The largest absolute Gasteiger partial charge is 0.481 e. The van der Waals surface area contributed by atoms with Crippen molar-refractivity contribution in [2.45, 2.75) is 45.4 Å². The van der Waals surface area contributed by atoms with Gasteiger partial charge in [-0.15, -0.1) is 0 Å². The molecule has 0 heterocycles. The van der Waals surface area contributed by atoms with Crippen LogP contribution >= 0.6 is 0 Å². The van der Waals surface area contributed by atoms with E-state index in [2.05, 4.69) is 6.92 Å². The van der Waals surface area contributed by atoms with E-state index >= 15 is 0 Å². The Hall–Kier alpha value is -0.530. The van der Waals surface area contributed by atoms with Gasteiger partial charge >= 0.3 is 5.97 Å². The first kappa shape index (κ1) is 9.68. The standard InChI is InChI=1S/C13H20O2/c1-13-5-8-2-9(6-13)11(4-12(14)15)10(3-8)7-13/h8-11H,2-7H2,1H3,(H,14,15). The molecule has 0 saturated heterocycles. The van der Waals surface area contributed by atoms with E-state index < -0.39 is 5.97 Å². The van der Waals surface area contributed by atoms with Gasteiger partial charge in [0.25, 0.3) is 0 Å². The molecule has 0 aromatic rings. The van der Waals surface area contributed by atoms with Crippen LogP contribution in [0.15, 0.2) is 0 Å². The molecular weight excluding hydrogens is 188 g/mol. The maximum Gasteiger partial charge on any atom is 0.303 e. The van der Waals surface area contributed by atoms with Gasteiger partial charge in [-0.3, -0.25) is 4.79 Å². The summed E-state index contributed by atoms with van der Waals surface area (Å²) >= 11 is 0. The number of carboxylic acid groups (broad SMARTS) is 1. The Bertz CT molecular complexity index is 281. The molecule has 2 nitrogen and oxygen atoms in total. The molecule has 0 spiro atoms. The number of rotatable bonds is 2. The van der Waals surface area contributed by atoms with Gasteiger partial charge in [-0.05, 0) is 61.2 Å². The minimum atomic E-state index is -0.586. The number of carbonyl (C=O) groups is 1. The van der Waals surface area contributed by atoms with Crippen LogP contribution in [0.25, 0.3) is 0 Å². The first-order valence-corrected chi connectivity index (χ1v) is 6.27. The molecule has 4 aliphatic carbocycles. The third-order valence-electron chi connectivity index (χ3n) is 5.18. The highest BCUT2D eigenvalue weighted by Gasteiger charge is 2.53. The summed E-state index contributed by atoms with van der Waals surface area (Å²) in [5.74, 6) is 2.32. The summed E-state index contributed by atoms with van der Waals surface area (Å²) in [7, 11) is 0. The Balaban J connectivity index is 1.82. The highest BCUT2D eigenvalue weighted by Crippen LogP contribution is 2.62. The molecule has 0 radical (unpaired) electrons. The van der Waals surface area contributed by atoms with E-state index in [-0.39, 0.29) is 0 Å². The third-order valence-corrected chi connectivity index (χ3v) is 5.18. The van der Waals surface area contributed by atoms with E-state index in [0.717, 1.165) is 17.8 Å². The van der Waals surface area contributed by atoms with Gasteiger partial charge in [-0.25, -0.2) is 0 Å². The fourth-order valence-corrected chi connectivity index (χ4v) is 5.07. The lowest BCUT2D eigenvalue weighted by Crippen LogP contribution is -2.50. The van der Waals surface area contributed by atoms with Crippen molar-refractivity contribution in [1.82, 2.24) is 0 Å². The maximum atomic E-state index is 10.9. The van der Waals surface area contributed by atoms with Crippen molar-refractivity contribution in [2.24, 2.45) is 29.1 Å². The predicted molar refractivity (Wildman–Crippen MR) is 57.4 cm³/mol. The zero-order valence-electron chi connectivity index (χ0n) is 9.41. The van der Waals surface area contributed by atoms with Crippen LogP contribution in [0.3, 0.4) is 0 Å². The Morgan fingerprint density at radius 1 is 1.27 bits per heavy atom. The summed E-state index contributed by atoms with van der Waals surface area (Å²) in [5, 5.41) is 8.96. The smallest absolute Gasteiger partial charge is 0.303 e. The summed E-state index contributed by atoms with van der Waals surface area (Å²) in [6.45, 7) is 2.43. The number of aliphatic carboxylic acids is 1. The summed E-state index contributed by atoms with van der Waals surface area (Å²) < 4.78 is 0. The van der Waals surface area contributed by atoms with Gasteiger partial charge in [-0.1, -0.05) is 6.92 Å². The molecule has 84 valence electrons. The van der Waals surface area contributed by atoms with Crippen molar-refractivity contribution >= 4 is 5.97 Å². The molecule has 0 aromatic heterocycles. The molecule has 1 N–H and O–H groups in total. The molecule has 4 fully saturated rings. The second-order valence-corrected chi connectivity index (χ2v) is 6.54. The van der Waals surface area contributed by atoms with E-state index in [0.29, 0.717) is 17.8 Å². The second kappa shape index (κ2) is 2.99. The average molecular weight is 208 g/mol. The fraction of sp³-hybridized carbons (Fsp3) is 0.923. The number of hydrogen-bond acceptors (Lipinski definition) is 1. The van der Waals surface area contributed by atoms with E-state index in [9.17, 15) is 4.79 Å². The summed E-state index contributed by atoms with van der Waals surface area (Å²) in [4.78, 5) is 10.9. The first-order valence-electron chi connectivity index (χ1n) is 6.27. The Morgan fingerprint density at radius 2 is 1.87 bits per heavy atom. The van der Waals surface area contributed by atoms with Crippen LogP contribution in [0.2, 0.25) is 0 Å². The van der Waals surface area contributed by atoms with Gasteiger partial charge in [0.05, 0.1) is 0 Å². The molecule has 4 rings (SSSR count). The van der Waals surface area contributed by atoms with Crippen molar-refractivity contribution in [3.8, 4) is 0 Å². The lowest BCUT2D eigenvalue weighted by molar-refractivity contribution is -0.145. The molecule has 4 aliphatic rings. The second-order valence-electron chi connectivity index (χ2n) is 6.54. The van der Waals surface area contributed by atoms with Crippen molar-refractivity contribution in [3.63, 3.8) is 0 Å². The Morgan fingerprint density at radius 3 is 2.33 bits per heavy atom. The van der Waals surface area contributed by atoms with Gasteiger partial charge in [0, 0.05) is 6.42 Å². The summed E-state index contributed by atoms with van der Waals surface area (Å²) in [5.41, 5.74) is 0.575. The molecule has 15 heavy (non-hydrogen) atoms. The zero-order valence-corrected chi connectivity index (χ0v) is 9.41. The maximum absolute atomic E-state index is 10.9. The van der Waals surface area contributed by atoms with E-state index in [1.807, 2.05) is 0 Å². The lowest BCUT2D eigenvalue weighted by atomic mass is 9.46. The van der Waals surface area contributed by atoms with Crippen molar-refractivity contribution in [2.75, 3.05) is 0 Å². The Kier molecular flexibility index (Phi) is 1.93. The molecule has 2 atom stereocenters. The van der Waals surface area contributed by atoms with Crippen molar-refractivity contribution in [3.05, 3.63) is 0 Å². The molecule has 4 bridgehead atoms. The monoisotopic (exact) mass is 208 g/mol. The van der Waals surface area contributed by atoms with E-state index in [4.69, 9.17) is 5.11 Å². The van der Waals surface area contributed by atoms with Crippen molar-refractivity contribution in [1.29, 1.82) is 0 Å². The van der Waals surface area contributed by atoms with E-state index in [1.54, 1.807) is 0 Å². The summed E-state index contributed by atoms with van der Waals surface area (Å²) in [6, 6.07) is 0. The molecule has 2 heteroatoms. The van der Waals surface area contributed by atoms with Gasteiger partial charge in [0.1, 0.15) is 0 Å². The highest BCUT2D eigenvalue weighted by atomic mass is 16.4. The van der Waals surface area contributed by atoms with Crippen LogP contribution in [0.4, 0.5) is 0 Å². The minimum Gasteiger partial charge on any atom is -0.481 e. The van der Waals surface area contributed by atoms with Crippen LogP contribution in [0.1, 0.15) is 45.4 Å². The van der Waals surface area contributed by atoms with Crippen LogP contribution in [0.5, 0.6) is 0 Å². The lowest BCUT2D eigenvalue weighted by Gasteiger charge is -2.59. The molecule has 2 unspecified atom stereocenters. The SMILES string of the molecule is CC12CC3CC(C1)C(CC(=O)O)C(C3)C2. The predicted octanol–water partition coefficient (Wildman–Crippen LogP) is 2.92. The highest BCUT2D eigenvalue weighted by molar-refractivity contribution is 5.67. The van der Waals surface area contributed by atoms with Gasteiger partial charge < -0.3 is 5.11 Å². The normalized spacial score (nSPS) is 52.1. The quantitative estimate of drug-likeness (QED) is 0.757. The fourth-order valence-electron chi connectivity index (χ4n) is 5.07. The van der Waals surface area contributed by atoms with E-state index in [1.165, 1.54) is 32.1 Å². The number of hydrogen-bond donors (Lipinski definition) is 1. The molecular formula is C13H20O2. The van der Waals surface area contributed by atoms with Gasteiger partial charge in [0.15, 0.2) is 0 Å². The zero-order chi connectivity index (χ0) is 10.6. The summed E-state index contributed by atoms with van der Waals surface area (Å²) in [6.07, 6.45) is 7.10. The topological polar surface area (TPSA) is 37.3 Å². The third kappa shape index (κ3) is 1.49. The van der Waals surface area contributed by atoms with Crippen LogP contribution in [-0.2, 0) is 4.79 Å². The molecule has 0 amide bonds.